The van der Waals surface area contributed by atoms with Crippen molar-refractivity contribution in [2.45, 2.75) is 4.90 Å². The fourth-order valence-corrected chi connectivity index (χ4v) is 1.35. The molecule has 0 radical (unpaired) electrons. The van der Waals surface area contributed by atoms with Gasteiger partial charge < -0.3 is 11.1 Å². The van der Waals surface area contributed by atoms with Gasteiger partial charge in [0.2, 0.25) is 0 Å². The van der Waals surface area contributed by atoms with Gasteiger partial charge in [0.25, 0.3) is 0 Å². The lowest BCUT2D eigenvalue weighted by Gasteiger charge is -2.03. The predicted octanol–water partition coefficient (Wildman–Crippen LogP) is 0.832. The molecule has 0 heterocycles. The van der Waals surface area contributed by atoms with Crippen LogP contribution in [0.1, 0.15) is 0 Å². The van der Waals surface area contributed by atoms with Crippen molar-refractivity contribution < 1.29 is 9.59 Å². The van der Waals surface area contributed by atoms with Gasteiger partial charge in [-0.15, -0.1) is 11.8 Å². The standard InChI is InChI=1S/C9H10N2O2S/c1-14-7-4-2-3-6(5-7)11-9(13)8(10)12/h2-5H,1H3,(H2,10,12)(H,11,13). The van der Waals surface area contributed by atoms with E-state index in [1.54, 1.807) is 30.0 Å². The number of benzene rings is 1. The summed E-state index contributed by atoms with van der Waals surface area (Å²) in [5.41, 5.74) is 5.37. The Morgan fingerprint density at radius 1 is 1.43 bits per heavy atom. The molecule has 5 heteroatoms. The molecule has 0 aliphatic carbocycles. The zero-order valence-electron chi connectivity index (χ0n) is 7.61. The van der Waals surface area contributed by atoms with Crippen LogP contribution in [0.15, 0.2) is 29.2 Å². The zero-order chi connectivity index (χ0) is 10.6. The predicted molar refractivity (Wildman–Crippen MR) is 56.0 cm³/mol. The summed E-state index contributed by atoms with van der Waals surface area (Å²) in [6.07, 6.45) is 1.93. The molecule has 1 rings (SSSR count). The number of amides is 2. The maximum atomic E-state index is 10.9. The van der Waals surface area contributed by atoms with Gasteiger partial charge in [-0.3, -0.25) is 9.59 Å². The lowest BCUT2D eigenvalue weighted by Crippen LogP contribution is -2.29. The van der Waals surface area contributed by atoms with Crippen LogP contribution in [0, 0.1) is 0 Å². The molecule has 3 N–H and O–H groups in total. The number of anilines is 1. The van der Waals surface area contributed by atoms with E-state index in [9.17, 15) is 9.59 Å². The van der Waals surface area contributed by atoms with E-state index in [0.717, 1.165) is 4.90 Å². The molecule has 0 aliphatic rings. The van der Waals surface area contributed by atoms with E-state index >= 15 is 0 Å². The SMILES string of the molecule is CSc1cccc(NC(=O)C(N)=O)c1. The molecule has 74 valence electrons. The van der Waals surface area contributed by atoms with Crippen molar-refractivity contribution in [1.82, 2.24) is 0 Å². The summed E-state index contributed by atoms with van der Waals surface area (Å²) in [6.45, 7) is 0. The molecular formula is C9H10N2O2S. The molecule has 0 saturated carbocycles. The number of nitrogens with two attached hydrogens (primary N) is 1. The van der Waals surface area contributed by atoms with Crippen LogP contribution in [0.25, 0.3) is 0 Å². The fraction of sp³-hybridized carbons (Fsp3) is 0.111. The first kappa shape index (κ1) is 10.6. The van der Waals surface area contributed by atoms with Gasteiger partial charge in [0.15, 0.2) is 0 Å². The summed E-state index contributed by atoms with van der Waals surface area (Å²) >= 11 is 1.55. The van der Waals surface area contributed by atoms with Gasteiger partial charge in [-0.25, -0.2) is 0 Å². The van der Waals surface area contributed by atoms with E-state index in [1.165, 1.54) is 0 Å². The molecule has 0 spiro atoms. The topological polar surface area (TPSA) is 72.2 Å². The quantitative estimate of drug-likeness (QED) is 0.561. The Labute approximate surface area is 85.9 Å². The highest BCUT2D eigenvalue weighted by Gasteiger charge is 2.08. The van der Waals surface area contributed by atoms with Crippen LogP contribution in [-0.4, -0.2) is 18.1 Å². The monoisotopic (exact) mass is 210 g/mol. The summed E-state index contributed by atoms with van der Waals surface area (Å²) in [5, 5.41) is 2.39. The minimum absolute atomic E-state index is 0.570. The number of carbonyl (C=O) groups is 2. The van der Waals surface area contributed by atoms with Crippen LogP contribution in [0.3, 0.4) is 0 Å². The number of thioether (sulfide) groups is 1. The maximum absolute atomic E-state index is 10.9. The van der Waals surface area contributed by atoms with Crippen LogP contribution in [0.5, 0.6) is 0 Å². The third-order valence-electron chi connectivity index (χ3n) is 1.55. The molecule has 0 atom stereocenters. The number of hydrogen-bond acceptors (Lipinski definition) is 3. The summed E-state index contributed by atoms with van der Waals surface area (Å²) in [5.74, 6) is -1.79. The van der Waals surface area contributed by atoms with E-state index in [1.807, 2.05) is 12.3 Å². The first-order valence-electron chi connectivity index (χ1n) is 3.88. The smallest absolute Gasteiger partial charge is 0.313 e. The van der Waals surface area contributed by atoms with E-state index in [-0.39, 0.29) is 0 Å². The van der Waals surface area contributed by atoms with E-state index in [4.69, 9.17) is 5.73 Å². The zero-order valence-corrected chi connectivity index (χ0v) is 8.43. The molecule has 14 heavy (non-hydrogen) atoms. The summed E-state index contributed by atoms with van der Waals surface area (Å²) < 4.78 is 0. The van der Waals surface area contributed by atoms with Gasteiger partial charge >= 0.3 is 11.8 Å². The van der Waals surface area contributed by atoms with Crippen molar-refractivity contribution >= 4 is 29.3 Å². The molecule has 1 aromatic rings. The van der Waals surface area contributed by atoms with Gasteiger partial charge in [0.05, 0.1) is 0 Å². The summed E-state index contributed by atoms with van der Waals surface area (Å²) in [7, 11) is 0. The minimum Gasteiger partial charge on any atom is -0.361 e. The fourth-order valence-electron chi connectivity index (χ4n) is 0.894. The lowest BCUT2D eigenvalue weighted by atomic mass is 10.3. The minimum atomic E-state index is -0.987. The second-order valence-electron chi connectivity index (χ2n) is 2.55. The molecule has 0 saturated heterocycles. The van der Waals surface area contributed by atoms with Gasteiger partial charge in [0.1, 0.15) is 0 Å². The Hall–Kier alpha value is -1.49. The van der Waals surface area contributed by atoms with Crippen LogP contribution < -0.4 is 11.1 Å². The largest absolute Gasteiger partial charge is 0.361 e. The first-order chi connectivity index (χ1) is 6.63. The molecule has 0 aromatic heterocycles. The number of nitrogens with one attached hydrogen (secondary N) is 1. The third kappa shape index (κ3) is 2.77. The molecule has 0 fully saturated rings. The van der Waals surface area contributed by atoms with Crippen molar-refractivity contribution in [1.29, 1.82) is 0 Å². The summed E-state index contributed by atoms with van der Waals surface area (Å²) in [6, 6.07) is 7.17. The van der Waals surface area contributed by atoms with Crippen molar-refractivity contribution in [3.63, 3.8) is 0 Å². The van der Waals surface area contributed by atoms with Crippen molar-refractivity contribution in [2.24, 2.45) is 5.73 Å². The Kier molecular flexibility index (Phi) is 3.53. The van der Waals surface area contributed by atoms with Crippen molar-refractivity contribution in [3.8, 4) is 0 Å². The number of carbonyl (C=O) groups excluding carboxylic acids is 2. The van der Waals surface area contributed by atoms with Crippen molar-refractivity contribution in [3.05, 3.63) is 24.3 Å². The van der Waals surface area contributed by atoms with Gasteiger partial charge in [0, 0.05) is 10.6 Å². The lowest BCUT2D eigenvalue weighted by molar-refractivity contribution is -0.134. The average Bonchev–Trinajstić information content (AvgIpc) is 2.18. The molecular weight excluding hydrogens is 200 g/mol. The molecule has 0 bridgehead atoms. The van der Waals surface area contributed by atoms with Crippen LogP contribution in [0.2, 0.25) is 0 Å². The Morgan fingerprint density at radius 3 is 2.71 bits per heavy atom. The molecule has 2 amide bonds. The summed E-state index contributed by atoms with van der Waals surface area (Å²) in [4.78, 5) is 22.4. The Morgan fingerprint density at radius 2 is 2.14 bits per heavy atom. The number of rotatable bonds is 2. The van der Waals surface area contributed by atoms with E-state index < -0.39 is 11.8 Å². The number of primary amides is 1. The highest BCUT2D eigenvalue weighted by Crippen LogP contribution is 2.18. The molecule has 4 nitrogen and oxygen atoms in total. The van der Waals surface area contributed by atoms with Crippen LogP contribution in [0.4, 0.5) is 5.69 Å². The molecule has 0 unspecified atom stereocenters. The molecule has 1 aromatic carbocycles. The van der Waals surface area contributed by atoms with Gasteiger partial charge in [-0.2, -0.15) is 0 Å². The Balaban J connectivity index is 2.76. The second kappa shape index (κ2) is 4.66. The number of hydrogen-bond donors (Lipinski definition) is 2. The highest BCUT2D eigenvalue weighted by molar-refractivity contribution is 7.98. The van der Waals surface area contributed by atoms with Crippen LogP contribution >= 0.6 is 11.8 Å². The molecule has 0 aliphatic heterocycles. The van der Waals surface area contributed by atoms with Gasteiger partial charge in [-0.05, 0) is 24.5 Å². The average molecular weight is 210 g/mol. The first-order valence-corrected chi connectivity index (χ1v) is 5.11. The maximum Gasteiger partial charge on any atom is 0.313 e. The van der Waals surface area contributed by atoms with Crippen molar-refractivity contribution in [2.75, 3.05) is 11.6 Å². The highest BCUT2D eigenvalue weighted by atomic mass is 32.2. The van der Waals surface area contributed by atoms with Gasteiger partial charge in [-0.1, -0.05) is 6.07 Å². The normalized spacial score (nSPS) is 9.50. The van der Waals surface area contributed by atoms with Crippen LogP contribution in [-0.2, 0) is 9.59 Å². The Bertz CT molecular complexity index is 366. The van der Waals surface area contributed by atoms with E-state index in [2.05, 4.69) is 5.32 Å². The second-order valence-corrected chi connectivity index (χ2v) is 3.43. The third-order valence-corrected chi connectivity index (χ3v) is 2.28. The van der Waals surface area contributed by atoms with E-state index in [0.29, 0.717) is 5.69 Å².